The average Bonchev–Trinajstić information content (AvgIpc) is 2.64. The molecule has 1 amide bonds. The van der Waals surface area contributed by atoms with Crippen LogP contribution in [0.25, 0.3) is 0 Å². The van der Waals surface area contributed by atoms with Crippen molar-refractivity contribution < 1.29 is 9.90 Å². The Morgan fingerprint density at radius 3 is 2.50 bits per heavy atom. The van der Waals surface area contributed by atoms with E-state index < -0.39 is 6.10 Å². The Balaban J connectivity index is 1.46. The van der Waals surface area contributed by atoms with Gasteiger partial charge in [-0.2, -0.15) is 0 Å². The van der Waals surface area contributed by atoms with Crippen molar-refractivity contribution in [2.24, 2.45) is 5.92 Å². The Kier molecular flexibility index (Phi) is 5.51. The Bertz CT molecular complexity index is 643. The van der Waals surface area contributed by atoms with Gasteiger partial charge in [0.2, 0.25) is 11.9 Å². The smallest absolute Gasteiger partial charge is 0.229 e. The van der Waals surface area contributed by atoms with Gasteiger partial charge in [-0.25, -0.2) is 9.97 Å². The summed E-state index contributed by atoms with van der Waals surface area (Å²) in [5.74, 6) is 0.299. The third-order valence-corrected chi connectivity index (χ3v) is 4.37. The first kappa shape index (κ1) is 16.5. The van der Waals surface area contributed by atoms with Gasteiger partial charge in [0.1, 0.15) is 0 Å². The van der Waals surface area contributed by atoms with Crippen LogP contribution in [0.15, 0.2) is 48.8 Å². The monoisotopic (exact) mass is 326 g/mol. The first-order chi connectivity index (χ1) is 11.7. The first-order valence-corrected chi connectivity index (χ1v) is 8.25. The lowest BCUT2D eigenvalue weighted by atomic mass is 9.95. The van der Waals surface area contributed by atoms with E-state index in [1.54, 1.807) is 18.5 Å². The van der Waals surface area contributed by atoms with Gasteiger partial charge in [-0.3, -0.25) is 10.1 Å². The number of aromatic nitrogens is 2. The summed E-state index contributed by atoms with van der Waals surface area (Å²) in [5.41, 5.74) is 0.929. The van der Waals surface area contributed by atoms with E-state index in [1.807, 2.05) is 30.3 Å². The molecule has 0 aliphatic carbocycles. The summed E-state index contributed by atoms with van der Waals surface area (Å²) in [5, 5.41) is 13.1. The van der Waals surface area contributed by atoms with E-state index in [9.17, 15) is 9.90 Å². The number of β-amino-alcohol motifs (C(OH)–C–C–N with tert-alkyl or cyclic N) is 1. The predicted molar refractivity (Wildman–Crippen MR) is 91.2 cm³/mol. The minimum absolute atomic E-state index is 0.0237. The quantitative estimate of drug-likeness (QED) is 0.877. The largest absolute Gasteiger partial charge is 0.387 e. The summed E-state index contributed by atoms with van der Waals surface area (Å²) in [4.78, 5) is 22.5. The van der Waals surface area contributed by atoms with Crippen molar-refractivity contribution in [2.75, 3.05) is 25.0 Å². The molecule has 1 atom stereocenters. The Labute approximate surface area is 141 Å². The van der Waals surface area contributed by atoms with Crippen molar-refractivity contribution in [1.82, 2.24) is 14.9 Å². The van der Waals surface area contributed by atoms with E-state index in [0.717, 1.165) is 31.5 Å². The van der Waals surface area contributed by atoms with Crippen LogP contribution in [0.3, 0.4) is 0 Å². The number of aliphatic hydroxyl groups excluding tert-OH is 1. The van der Waals surface area contributed by atoms with E-state index in [4.69, 9.17) is 0 Å². The second-order valence-corrected chi connectivity index (χ2v) is 6.06. The second-order valence-electron chi connectivity index (χ2n) is 6.06. The number of anilines is 1. The van der Waals surface area contributed by atoms with E-state index in [2.05, 4.69) is 20.2 Å². The summed E-state index contributed by atoms with van der Waals surface area (Å²) in [6, 6.07) is 11.4. The van der Waals surface area contributed by atoms with E-state index in [1.165, 1.54) is 0 Å². The van der Waals surface area contributed by atoms with Gasteiger partial charge in [0.15, 0.2) is 0 Å². The number of likely N-dealkylation sites (tertiary alicyclic amines) is 1. The number of rotatable bonds is 5. The third kappa shape index (κ3) is 4.37. The number of hydrogen-bond donors (Lipinski definition) is 2. The maximum Gasteiger partial charge on any atom is 0.229 e. The van der Waals surface area contributed by atoms with Crippen LogP contribution in [0, 0.1) is 5.92 Å². The fourth-order valence-corrected chi connectivity index (χ4v) is 2.98. The minimum Gasteiger partial charge on any atom is -0.387 e. The summed E-state index contributed by atoms with van der Waals surface area (Å²) in [6.45, 7) is 2.20. The van der Waals surface area contributed by atoms with Gasteiger partial charge in [-0.05, 0) is 37.6 Å². The summed E-state index contributed by atoms with van der Waals surface area (Å²) in [7, 11) is 0. The van der Waals surface area contributed by atoms with Crippen LogP contribution in [-0.4, -0.2) is 45.5 Å². The molecular weight excluding hydrogens is 304 g/mol. The molecule has 2 N–H and O–H groups in total. The van der Waals surface area contributed by atoms with Crippen LogP contribution in [0.2, 0.25) is 0 Å². The fourth-order valence-electron chi connectivity index (χ4n) is 2.98. The molecule has 0 unspecified atom stereocenters. The number of hydrogen-bond acceptors (Lipinski definition) is 5. The molecule has 1 fully saturated rings. The normalized spacial score (nSPS) is 17.4. The molecule has 24 heavy (non-hydrogen) atoms. The van der Waals surface area contributed by atoms with Gasteiger partial charge in [-0.1, -0.05) is 30.3 Å². The van der Waals surface area contributed by atoms with Gasteiger partial charge >= 0.3 is 0 Å². The number of nitrogens with zero attached hydrogens (tertiary/aromatic N) is 3. The van der Waals surface area contributed by atoms with Crippen LogP contribution < -0.4 is 5.32 Å². The molecule has 1 aromatic carbocycles. The van der Waals surface area contributed by atoms with E-state index in [-0.39, 0.29) is 11.8 Å². The van der Waals surface area contributed by atoms with Crippen LogP contribution in [0.1, 0.15) is 24.5 Å². The van der Waals surface area contributed by atoms with Crippen molar-refractivity contribution >= 4 is 11.9 Å². The molecule has 0 bridgehead atoms. The molecule has 3 rings (SSSR count). The standard InChI is InChI=1S/C18H22N4O2/c23-16(14-5-2-1-3-6-14)13-22-11-7-15(8-12-22)17(24)21-18-19-9-4-10-20-18/h1-6,9-10,15-16,23H,7-8,11-13H2,(H,19,20,21,24)/t16-/m1/s1. The van der Waals surface area contributed by atoms with Crippen molar-refractivity contribution in [3.05, 3.63) is 54.4 Å². The molecule has 6 nitrogen and oxygen atoms in total. The Morgan fingerprint density at radius 2 is 1.83 bits per heavy atom. The minimum atomic E-state index is -0.491. The van der Waals surface area contributed by atoms with Gasteiger partial charge in [0, 0.05) is 24.9 Å². The second kappa shape index (κ2) is 7.99. The predicted octanol–water partition coefficient (Wildman–Crippen LogP) is 1.86. The molecule has 1 aromatic heterocycles. The summed E-state index contributed by atoms with van der Waals surface area (Å²) in [6.07, 6.45) is 4.28. The SMILES string of the molecule is O=C(Nc1ncccn1)C1CCN(C[C@@H](O)c2ccccc2)CC1. The maximum absolute atomic E-state index is 12.3. The van der Waals surface area contributed by atoms with E-state index in [0.29, 0.717) is 12.5 Å². The molecule has 1 aliphatic rings. The van der Waals surface area contributed by atoms with Crippen molar-refractivity contribution in [2.45, 2.75) is 18.9 Å². The maximum atomic E-state index is 12.3. The molecular formula is C18H22N4O2. The van der Waals surface area contributed by atoms with Crippen molar-refractivity contribution in [1.29, 1.82) is 0 Å². The van der Waals surface area contributed by atoms with Gasteiger partial charge in [0.05, 0.1) is 6.10 Å². The van der Waals surface area contributed by atoms with Gasteiger partial charge in [0.25, 0.3) is 0 Å². The Morgan fingerprint density at radius 1 is 1.17 bits per heavy atom. The zero-order chi connectivity index (χ0) is 16.8. The first-order valence-electron chi connectivity index (χ1n) is 8.25. The Hall–Kier alpha value is -2.31. The highest BCUT2D eigenvalue weighted by Gasteiger charge is 2.26. The van der Waals surface area contributed by atoms with E-state index >= 15 is 0 Å². The van der Waals surface area contributed by atoms with Crippen LogP contribution >= 0.6 is 0 Å². The highest BCUT2D eigenvalue weighted by Crippen LogP contribution is 2.21. The molecule has 0 radical (unpaired) electrons. The lowest BCUT2D eigenvalue weighted by Gasteiger charge is -2.32. The number of aliphatic hydroxyl groups is 1. The lowest BCUT2D eigenvalue weighted by Crippen LogP contribution is -2.40. The summed E-state index contributed by atoms with van der Waals surface area (Å²) < 4.78 is 0. The third-order valence-electron chi connectivity index (χ3n) is 4.37. The number of carbonyl (C=O) groups excluding carboxylic acids is 1. The number of piperidine rings is 1. The van der Waals surface area contributed by atoms with Crippen LogP contribution in [-0.2, 0) is 4.79 Å². The van der Waals surface area contributed by atoms with Crippen molar-refractivity contribution in [3.63, 3.8) is 0 Å². The number of benzene rings is 1. The topological polar surface area (TPSA) is 78.4 Å². The number of carbonyl (C=O) groups is 1. The zero-order valence-electron chi connectivity index (χ0n) is 13.5. The van der Waals surface area contributed by atoms with Crippen LogP contribution in [0.5, 0.6) is 0 Å². The number of nitrogens with one attached hydrogen (secondary N) is 1. The highest BCUT2D eigenvalue weighted by atomic mass is 16.3. The molecule has 1 saturated heterocycles. The molecule has 6 heteroatoms. The molecule has 126 valence electrons. The average molecular weight is 326 g/mol. The summed E-state index contributed by atoms with van der Waals surface area (Å²) >= 11 is 0. The van der Waals surface area contributed by atoms with Crippen LogP contribution in [0.4, 0.5) is 5.95 Å². The molecule has 2 heterocycles. The zero-order valence-corrected chi connectivity index (χ0v) is 13.5. The molecule has 0 saturated carbocycles. The molecule has 1 aliphatic heterocycles. The van der Waals surface area contributed by atoms with Gasteiger partial charge < -0.3 is 10.0 Å². The number of amides is 1. The highest BCUT2D eigenvalue weighted by molar-refractivity contribution is 5.90. The lowest BCUT2D eigenvalue weighted by molar-refractivity contribution is -0.121. The fraction of sp³-hybridized carbons (Fsp3) is 0.389. The molecule has 2 aromatic rings. The van der Waals surface area contributed by atoms with Gasteiger partial charge in [-0.15, -0.1) is 0 Å². The van der Waals surface area contributed by atoms with Crippen molar-refractivity contribution in [3.8, 4) is 0 Å². The molecule has 0 spiro atoms.